The summed E-state index contributed by atoms with van der Waals surface area (Å²) in [7, 11) is -4.35. The average Bonchev–Trinajstić information content (AvgIpc) is 2.38. The Bertz CT molecular complexity index is 606. The fourth-order valence-corrected chi connectivity index (χ4v) is 3.60. The molecule has 2 atom stereocenters. The zero-order chi connectivity index (χ0) is 14.9. The van der Waals surface area contributed by atoms with Crippen LogP contribution in [0.3, 0.4) is 0 Å². The molecule has 0 saturated heterocycles. The number of rotatable bonds is 3. The summed E-state index contributed by atoms with van der Waals surface area (Å²) in [5, 5.41) is 9.69. The monoisotopic (exact) mass is 309 g/mol. The molecule has 0 spiro atoms. The van der Waals surface area contributed by atoms with Crippen molar-refractivity contribution in [3.8, 4) is 0 Å². The highest BCUT2D eigenvalue weighted by Crippen LogP contribution is 2.23. The lowest BCUT2D eigenvalue weighted by Gasteiger charge is -2.28. The molecule has 2 rings (SSSR count). The summed E-state index contributed by atoms with van der Waals surface area (Å²) >= 11 is 0. The van der Waals surface area contributed by atoms with Gasteiger partial charge >= 0.3 is 0 Å². The van der Waals surface area contributed by atoms with Crippen LogP contribution in [0.15, 0.2) is 17.0 Å². The highest BCUT2D eigenvalue weighted by atomic mass is 32.2. The van der Waals surface area contributed by atoms with Crippen LogP contribution in [0.2, 0.25) is 0 Å². The summed E-state index contributed by atoms with van der Waals surface area (Å²) in [5.41, 5.74) is 0. The molecule has 0 aliphatic heterocycles. The van der Waals surface area contributed by atoms with E-state index in [9.17, 15) is 26.7 Å². The number of benzene rings is 1. The number of halogens is 3. The maximum Gasteiger partial charge on any atom is 0.243 e. The molecule has 20 heavy (non-hydrogen) atoms. The van der Waals surface area contributed by atoms with E-state index in [2.05, 4.69) is 4.72 Å². The topological polar surface area (TPSA) is 66.4 Å². The van der Waals surface area contributed by atoms with Crippen LogP contribution >= 0.6 is 0 Å². The number of hydrogen-bond donors (Lipinski definition) is 2. The predicted molar refractivity (Wildman–Crippen MR) is 64.9 cm³/mol. The van der Waals surface area contributed by atoms with E-state index in [0.717, 1.165) is 12.8 Å². The standard InChI is InChI=1S/C12H14F3NO3S/c13-7-5-6-10(12(15)11(7)14)20(18,19)16-8-3-1-2-4-9(8)17/h5-6,8-9,16-17H,1-4H2. The molecule has 112 valence electrons. The van der Waals surface area contributed by atoms with Gasteiger partial charge in [0.05, 0.1) is 6.10 Å². The molecule has 0 bridgehead atoms. The van der Waals surface area contributed by atoms with Crippen LogP contribution in [0.4, 0.5) is 13.2 Å². The largest absolute Gasteiger partial charge is 0.391 e. The van der Waals surface area contributed by atoms with Crippen LogP contribution < -0.4 is 4.72 Å². The first-order valence-electron chi connectivity index (χ1n) is 6.17. The molecule has 2 N–H and O–H groups in total. The second-order valence-corrected chi connectivity index (χ2v) is 6.44. The molecule has 0 aromatic heterocycles. The van der Waals surface area contributed by atoms with E-state index in [1.165, 1.54) is 0 Å². The molecule has 1 aromatic rings. The third kappa shape index (κ3) is 2.97. The average molecular weight is 309 g/mol. The normalized spacial score (nSPS) is 23.8. The summed E-state index contributed by atoms with van der Waals surface area (Å²) < 4.78 is 65.5. The van der Waals surface area contributed by atoms with Crippen LogP contribution in [-0.2, 0) is 10.0 Å². The highest BCUT2D eigenvalue weighted by molar-refractivity contribution is 7.89. The van der Waals surface area contributed by atoms with Gasteiger partial charge in [0.25, 0.3) is 0 Å². The Morgan fingerprint density at radius 3 is 2.40 bits per heavy atom. The Hall–Kier alpha value is -1.12. The Labute approximate surface area is 114 Å². The fraction of sp³-hybridized carbons (Fsp3) is 0.500. The lowest BCUT2D eigenvalue weighted by Crippen LogP contribution is -2.45. The molecule has 2 unspecified atom stereocenters. The van der Waals surface area contributed by atoms with Crippen LogP contribution in [0.1, 0.15) is 25.7 Å². The van der Waals surface area contributed by atoms with Crippen LogP contribution in [0.5, 0.6) is 0 Å². The quantitative estimate of drug-likeness (QED) is 0.835. The van der Waals surface area contributed by atoms with E-state index in [-0.39, 0.29) is 0 Å². The van der Waals surface area contributed by atoms with Crippen molar-refractivity contribution in [2.24, 2.45) is 0 Å². The van der Waals surface area contributed by atoms with Gasteiger partial charge in [-0.15, -0.1) is 0 Å². The van der Waals surface area contributed by atoms with Gasteiger partial charge in [0.1, 0.15) is 4.90 Å². The summed E-state index contributed by atoms with van der Waals surface area (Å²) in [5.74, 6) is -5.06. The molecule has 1 aromatic carbocycles. The minimum absolute atomic E-state index is 0.408. The van der Waals surface area contributed by atoms with Gasteiger partial charge in [0, 0.05) is 6.04 Å². The Morgan fingerprint density at radius 2 is 1.75 bits per heavy atom. The van der Waals surface area contributed by atoms with Gasteiger partial charge in [0.15, 0.2) is 17.5 Å². The first-order valence-corrected chi connectivity index (χ1v) is 7.65. The van der Waals surface area contributed by atoms with Gasteiger partial charge in [-0.1, -0.05) is 12.8 Å². The van der Waals surface area contributed by atoms with E-state index in [1.54, 1.807) is 0 Å². The summed E-state index contributed by atoms with van der Waals surface area (Å²) in [4.78, 5) is -0.964. The molecule has 1 fully saturated rings. The lowest BCUT2D eigenvalue weighted by atomic mass is 9.93. The van der Waals surface area contributed by atoms with Crippen molar-refractivity contribution in [2.45, 2.75) is 42.7 Å². The minimum Gasteiger partial charge on any atom is -0.391 e. The van der Waals surface area contributed by atoms with Gasteiger partial charge in [-0.3, -0.25) is 0 Å². The van der Waals surface area contributed by atoms with Crippen molar-refractivity contribution in [1.29, 1.82) is 0 Å². The zero-order valence-corrected chi connectivity index (χ0v) is 11.3. The van der Waals surface area contributed by atoms with Gasteiger partial charge in [0.2, 0.25) is 10.0 Å². The highest BCUT2D eigenvalue weighted by Gasteiger charge is 2.30. The maximum absolute atomic E-state index is 13.5. The van der Waals surface area contributed by atoms with E-state index >= 15 is 0 Å². The van der Waals surface area contributed by atoms with Crippen molar-refractivity contribution < 1.29 is 26.7 Å². The number of sulfonamides is 1. The second kappa shape index (κ2) is 5.71. The minimum atomic E-state index is -4.35. The number of nitrogens with one attached hydrogen (secondary N) is 1. The van der Waals surface area contributed by atoms with Crippen LogP contribution in [-0.4, -0.2) is 25.7 Å². The van der Waals surface area contributed by atoms with Gasteiger partial charge in [-0.25, -0.2) is 26.3 Å². The van der Waals surface area contributed by atoms with Crippen molar-refractivity contribution in [2.75, 3.05) is 0 Å². The maximum atomic E-state index is 13.5. The Morgan fingerprint density at radius 1 is 1.10 bits per heavy atom. The number of aliphatic hydroxyl groups excluding tert-OH is 1. The fourth-order valence-electron chi connectivity index (χ4n) is 2.23. The molecule has 4 nitrogen and oxygen atoms in total. The van der Waals surface area contributed by atoms with Crippen LogP contribution in [0.25, 0.3) is 0 Å². The third-order valence-corrected chi connectivity index (χ3v) is 4.83. The van der Waals surface area contributed by atoms with E-state index < -0.39 is 44.5 Å². The molecular weight excluding hydrogens is 295 g/mol. The molecule has 0 amide bonds. The summed E-state index contributed by atoms with van der Waals surface area (Å²) in [6, 6.07) is 0.455. The Kier molecular flexibility index (Phi) is 4.36. The number of aliphatic hydroxyl groups is 1. The first kappa shape index (κ1) is 15.3. The molecule has 8 heteroatoms. The van der Waals surface area contributed by atoms with Crippen LogP contribution in [0, 0.1) is 17.5 Å². The zero-order valence-electron chi connectivity index (χ0n) is 10.4. The first-order chi connectivity index (χ1) is 9.33. The summed E-state index contributed by atoms with van der Waals surface area (Å²) in [6.45, 7) is 0. The van der Waals surface area contributed by atoms with Crippen molar-refractivity contribution in [3.05, 3.63) is 29.6 Å². The van der Waals surface area contributed by atoms with E-state index in [4.69, 9.17) is 0 Å². The summed E-state index contributed by atoms with van der Waals surface area (Å²) in [6.07, 6.45) is 1.48. The van der Waals surface area contributed by atoms with Crippen molar-refractivity contribution >= 4 is 10.0 Å². The van der Waals surface area contributed by atoms with Gasteiger partial charge in [-0.05, 0) is 25.0 Å². The van der Waals surface area contributed by atoms with E-state index in [1.807, 2.05) is 0 Å². The van der Waals surface area contributed by atoms with Crippen molar-refractivity contribution in [3.63, 3.8) is 0 Å². The predicted octanol–water partition coefficient (Wildman–Crippen LogP) is 1.69. The SMILES string of the molecule is O=S(=O)(NC1CCCCC1O)c1ccc(F)c(F)c1F. The van der Waals surface area contributed by atoms with E-state index in [0.29, 0.717) is 25.0 Å². The second-order valence-electron chi connectivity index (χ2n) is 4.75. The molecular formula is C12H14F3NO3S. The molecule has 1 aliphatic rings. The molecule has 1 saturated carbocycles. The Balaban J connectivity index is 2.29. The molecule has 1 aliphatic carbocycles. The number of hydrogen-bond acceptors (Lipinski definition) is 3. The third-order valence-electron chi connectivity index (χ3n) is 3.33. The smallest absolute Gasteiger partial charge is 0.243 e. The lowest BCUT2D eigenvalue weighted by molar-refractivity contribution is 0.101. The van der Waals surface area contributed by atoms with Gasteiger partial charge in [-0.2, -0.15) is 0 Å². The van der Waals surface area contributed by atoms with Crippen molar-refractivity contribution in [1.82, 2.24) is 4.72 Å². The van der Waals surface area contributed by atoms with Gasteiger partial charge < -0.3 is 5.11 Å². The molecule has 0 heterocycles. The molecule has 0 radical (unpaired) electrons.